The quantitative estimate of drug-likeness (QED) is 0.585. The molecule has 1 fully saturated rings. The smallest absolute Gasteiger partial charge is 0.0708 e. The Morgan fingerprint density at radius 2 is 1.68 bits per heavy atom. The zero-order valence-electron chi connectivity index (χ0n) is 13.9. The SMILES string of the molecule is CC1(C2CCCC3=C2[N]c2ccccc23)CCCCCCC1. The average Bonchev–Trinajstić information content (AvgIpc) is 2.90. The Balaban J connectivity index is 1.66. The van der Waals surface area contributed by atoms with Gasteiger partial charge in [-0.25, -0.2) is 0 Å². The largest absolute Gasteiger partial charge is 0.252 e. The first-order valence-electron chi connectivity index (χ1n) is 9.32. The van der Waals surface area contributed by atoms with E-state index in [0.29, 0.717) is 11.3 Å². The Hall–Kier alpha value is -1.24. The fourth-order valence-electron chi connectivity index (χ4n) is 5.07. The summed E-state index contributed by atoms with van der Waals surface area (Å²) in [6.07, 6.45) is 13.9. The first-order valence-corrected chi connectivity index (χ1v) is 9.32. The van der Waals surface area contributed by atoms with Crippen molar-refractivity contribution in [1.82, 2.24) is 5.32 Å². The van der Waals surface area contributed by atoms with Crippen molar-refractivity contribution in [2.24, 2.45) is 11.3 Å². The van der Waals surface area contributed by atoms with Crippen LogP contribution in [-0.2, 0) is 0 Å². The van der Waals surface area contributed by atoms with E-state index in [1.54, 1.807) is 5.57 Å². The summed E-state index contributed by atoms with van der Waals surface area (Å²) in [7, 11) is 0. The molecule has 3 aliphatic rings. The lowest BCUT2D eigenvalue weighted by Gasteiger charge is -2.42. The van der Waals surface area contributed by atoms with Gasteiger partial charge in [-0.05, 0) is 49.2 Å². The Bertz CT molecular complexity index is 575. The second kappa shape index (κ2) is 5.76. The predicted molar refractivity (Wildman–Crippen MR) is 92.9 cm³/mol. The van der Waals surface area contributed by atoms with Crippen LogP contribution in [0.3, 0.4) is 0 Å². The van der Waals surface area contributed by atoms with E-state index in [1.165, 1.54) is 81.2 Å². The highest BCUT2D eigenvalue weighted by molar-refractivity contribution is 5.82. The average molecular weight is 294 g/mol. The molecule has 1 nitrogen and oxygen atoms in total. The Morgan fingerprint density at radius 1 is 0.955 bits per heavy atom. The number of para-hydroxylation sites is 1. The molecule has 1 radical (unpaired) electrons. The molecule has 4 rings (SSSR count). The summed E-state index contributed by atoms with van der Waals surface area (Å²) >= 11 is 0. The summed E-state index contributed by atoms with van der Waals surface area (Å²) in [6, 6.07) is 8.79. The van der Waals surface area contributed by atoms with E-state index in [9.17, 15) is 0 Å². The minimum absolute atomic E-state index is 0.479. The third-order valence-corrected chi connectivity index (χ3v) is 6.37. The number of allylic oxidation sites excluding steroid dienone is 2. The van der Waals surface area contributed by atoms with Gasteiger partial charge in [0.05, 0.1) is 5.69 Å². The van der Waals surface area contributed by atoms with Crippen molar-refractivity contribution in [1.29, 1.82) is 0 Å². The van der Waals surface area contributed by atoms with E-state index in [-0.39, 0.29) is 0 Å². The van der Waals surface area contributed by atoms with Gasteiger partial charge in [-0.1, -0.05) is 57.2 Å². The van der Waals surface area contributed by atoms with Gasteiger partial charge in [-0.2, -0.15) is 0 Å². The topological polar surface area (TPSA) is 14.1 Å². The number of hydrogen-bond acceptors (Lipinski definition) is 0. The molecule has 0 bridgehead atoms. The van der Waals surface area contributed by atoms with E-state index in [0.717, 1.165) is 0 Å². The highest BCUT2D eigenvalue weighted by atomic mass is 14.9. The molecule has 0 N–H and O–H groups in total. The van der Waals surface area contributed by atoms with Gasteiger partial charge >= 0.3 is 0 Å². The summed E-state index contributed by atoms with van der Waals surface area (Å²) in [5, 5.41) is 5.11. The second-order valence-electron chi connectivity index (χ2n) is 7.86. The van der Waals surface area contributed by atoms with Crippen LogP contribution in [0.25, 0.3) is 5.57 Å². The van der Waals surface area contributed by atoms with Crippen molar-refractivity contribution in [3.8, 4) is 0 Å². The molecule has 117 valence electrons. The molecule has 0 aromatic heterocycles. The highest BCUT2D eigenvalue weighted by Crippen LogP contribution is 2.53. The Labute approximate surface area is 135 Å². The monoisotopic (exact) mass is 294 g/mol. The summed E-state index contributed by atoms with van der Waals surface area (Å²) < 4.78 is 0. The molecule has 1 aliphatic heterocycles. The van der Waals surface area contributed by atoms with Gasteiger partial charge in [0.1, 0.15) is 0 Å². The summed E-state index contributed by atoms with van der Waals surface area (Å²) in [4.78, 5) is 0. The van der Waals surface area contributed by atoms with Crippen LogP contribution in [0, 0.1) is 11.3 Å². The van der Waals surface area contributed by atoms with Crippen LogP contribution in [-0.4, -0.2) is 0 Å². The van der Waals surface area contributed by atoms with Crippen LogP contribution >= 0.6 is 0 Å². The fraction of sp³-hybridized carbons (Fsp3) is 0.619. The van der Waals surface area contributed by atoms with Crippen LogP contribution in [0.1, 0.15) is 76.7 Å². The number of nitrogens with zero attached hydrogens (tertiary/aromatic N) is 1. The van der Waals surface area contributed by atoms with Crippen molar-refractivity contribution in [3.63, 3.8) is 0 Å². The minimum atomic E-state index is 0.479. The van der Waals surface area contributed by atoms with E-state index >= 15 is 0 Å². The molecule has 1 heterocycles. The molecule has 2 aliphatic carbocycles. The molecule has 0 spiro atoms. The Kier molecular flexibility index (Phi) is 3.76. The normalized spacial score (nSPS) is 27.4. The lowest BCUT2D eigenvalue weighted by Crippen LogP contribution is -2.33. The maximum Gasteiger partial charge on any atom is 0.0708 e. The summed E-state index contributed by atoms with van der Waals surface area (Å²) in [5.74, 6) is 0.696. The zero-order valence-corrected chi connectivity index (χ0v) is 13.9. The molecular weight excluding hydrogens is 266 g/mol. The first kappa shape index (κ1) is 14.4. The maximum atomic E-state index is 5.11. The molecule has 0 saturated heterocycles. The minimum Gasteiger partial charge on any atom is -0.252 e. The van der Waals surface area contributed by atoms with Crippen molar-refractivity contribution in [2.45, 2.75) is 71.1 Å². The molecule has 1 aromatic carbocycles. The van der Waals surface area contributed by atoms with Gasteiger partial charge < -0.3 is 0 Å². The van der Waals surface area contributed by atoms with Crippen LogP contribution in [0.15, 0.2) is 30.0 Å². The molecule has 0 amide bonds. The van der Waals surface area contributed by atoms with Crippen LogP contribution < -0.4 is 5.32 Å². The highest BCUT2D eigenvalue weighted by Gasteiger charge is 2.41. The maximum absolute atomic E-state index is 5.11. The van der Waals surface area contributed by atoms with E-state index in [4.69, 9.17) is 5.32 Å². The van der Waals surface area contributed by atoms with Gasteiger partial charge in [0.2, 0.25) is 0 Å². The van der Waals surface area contributed by atoms with Crippen LogP contribution in [0.4, 0.5) is 5.69 Å². The first-order chi connectivity index (χ1) is 10.8. The number of fused-ring (bicyclic) bond motifs is 2. The molecular formula is C21H28N. The molecule has 22 heavy (non-hydrogen) atoms. The van der Waals surface area contributed by atoms with Crippen molar-refractivity contribution in [3.05, 3.63) is 35.5 Å². The molecule has 1 heteroatoms. The van der Waals surface area contributed by atoms with Crippen molar-refractivity contribution < 1.29 is 0 Å². The van der Waals surface area contributed by atoms with E-state index in [2.05, 4.69) is 31.2 Å². The number of rotatable bonds is 1. The third-order valence-electron chi connectivity index (χ3n) is 6.37. The van der Waals surface area contributed by atoms with Gasteiger partial charge in [0.15, 0.2) is 0 Å². The number of benzene rings is 1. The van der Waals surface area contributed by atoms with Gasteiger partial charge in [-0.15, -0.1) is 0 Å². The molecule has 1 aromatic rings. The molecule has 1 atom stereocenters. The third kappa shape index (κ3) is 2.39. The van der Waals surface area contributed by atoms with Crippen molar-refractivity contribution >= 4 is 11.3 Å². The standard InChI is InChI=1S/C21H28N/c1-21(14-7-3-2-4-8-15-21)18-12-9-11-17-16-10-5-6-13-19(16)22-20(17)18/h5-6,10,13,18H,2-4,7-9,11-12,14-15H2,1H3. The lowest BCUT2D eigenvalue weighted by atomic mass is 9.64. The second-order valence-corrected chi connectivity index (χ2v) is 7.86. The van der Waals surface area contributed by atoms with Gasteiger partial charge in [0.25, 0.3) is 0 Å². The fourth-order valence-corrected chi connectivity index (χ4v) is 5.07. The Morgan fingerprint density at radius 3 is 2.50 bits per heavy atom. The number of hydrogen-bond donors (Lipinski definition) is 0. The zero-order chi connectivity index (χ0) is 15.0. The summed E-state index contributed by atoms with van der Waals surface area (Å²) in [6.45, 7) is 2.57. The van der Waals surface area contributed by atoms with E-state index in [1.807, 2.05) is 0 Å². The summed E-state index contributed by atoms with van der Waals surface area (Å²) in [5.41, 5.74) is 6.18. The predicted octanol–water partition coefficient (Wildman–Crippen LogP) is 6.20. The van der Waals surface area contributed by atoms with Crippen LogP contribution in [0.5, 0.6) is 0 Å². The molecule has 1 saturated carbocycles. The van der Waals surface area contributed by atoms with Gasteiger partial charge in [0, 0.05) is 17.2 Å². The van der Waals surface area contributed by atoms with Gasteiger partial charge in [-0.3, -0.25) is 5.32 Å². The van der Waals surface area contributed by atoms with E-state index < -0.39 is 0 Å². The molecule has 1 unspecified atom stereocenters. The van der Waals surface area contributed by atoms with Crippen LogP contribution in [0.2, 0.25) is 0 Å². The lowest BCUT2D eigenvalue weighted by molar-refractivity contribution is 0.143. The van der Waals surface area contributed by atoms with Crippen molar-refractivity contribution in [2.75, 3.05) is 0 Å².